The third-order valence-electron chi connectivity index (χ3n) is 6.48. The third kappa shape index (κ3) is 4.77. The van der Waals surface area contributed by atoms with Crippen LogP contribution in [-0.2, 0) is 12.7 Å². The van der Waals surface area contributed by atoms with E-state index in [0.717, 1.165) is 32.0 Å². The Morgan fingerprint density at radius 2 is 1.79 bits per heavy atom. The lowest BCUT2D eigenvalue weighted by molar-refractivity contribution is -0.140. The van der Waals surface area contributed by atoms with Crippen molar-refractivity contribution in [3.05, 3.63) is 58.8 Å². The molecule has 34 heavy (non-hydrogen) atoms. The molecule has 0 aliphatic carbocycles. The molecule has 1 saturated heterocycles. The van der Waals surface area contributed by atoms with E-state index < -0.39 is 17.6 Å². The molecule has 0 spiro atoms. The highest BCUT2D eigenvalue weighted by Gasteiger charge is 2.34. The minimum absolute atomic E-state index is 0.156. The predicted octanol–water partition coefficient (Wildman–Crippen LogP) is 5.38. The van der Waals surface area contributed by atoms with Crippen LogP contribution in [0, 0.1) is 18.6 Å². The number of anilines is 2. The second kappa shape index (κ2) is 9.32. The zero-order valence-electron chi connectivity index (χ0n) is 19.2. The zero-order valence-corrected chi connectivity index (χ0v) is 19.2. The molecule has 0 unspecified atom stereocenters. The summed E-state index contributed by atoms with van der Waals surface area (Å²) in [6.45, 7) is 3.31. The van der Waals surface area contributed by atoms with E-state index in [0.29, 0.717) is 28.2 Å². The molecule has 0 saturated carbocycles. The highest BCUT2D eigenvalue weighted by molar-refractivity contribution is 5.95. The largest absolute Gasteiger partial charge is 0.419 e. The van der Waals surface area contributed by atoms with Gasteiger partial charge in [0.05, 0.1) is 16.9 Å². The van der Waals surface area contributed by atoms with Crippen molar-refractivity contribution in [1.29, 1.82) is 0 Å². The van der Waals surface area contributed by atoms with E-state index in [2.05, 4.69) is 27.5 Å². The van der Waals surface area contributed by atoms with E-state index in [9.17, 15) is 17.6 Å². The Morgan fingerprint density at radius 3 is 2.47 bits per heavy atom. The molecule has 0 amide bonds. The maximum absolute atomic E-state index is 15.1. The topological polar surface area (TPSA) is 44.3 Å². The second-order valence-electron chi connectivity index (χ2n) is 8.76. The first-order chi connectivity index (χ1) is 16.1. The fourth-order valence-corrected chi connectivity index (χ4v) is 4.38. The van der Waals surface area contributed by atoms with Crippen LogP contribution in [0.1, 0.15) is 29.7 Å². The van der Waals surface area contributed by atoms with Crippen LogP contribution in [0.4, 0.5) is 33.5 Å². The number of hydrogen-bond acceptors (Lipinski definition) is 5. The van der Waals surface area contributed by atoms with E-state index in [1.54, 1.807) is 13.0 Å². The molecule has 5 nitrogen and oxygen atoms in total. The molecular weight excluding hydrogens is 453 g/mol. The Hall–Kier alpha value is -3.01. The minimum Gasteiger partial charge on any atom is -0.369 e. The fraction of sp³-hybridized carbons (Fsp3) is 0.417. The van der Waals surface area contributed by atoms with Gasteiger partial charge in [0.15, 0.2) is 5.82 Å². The van der Waals surface area contributed by atoms with Crippen molar-refractivity contribution in [1.82, 2.24) is 15.1 Å². The summed E-state index contributed by atoms with van der Waals surface area (Å²) >= 11 is 0. The van der Waals surface area contributed by atoms with E-state index in [-0.39, 0.29) is 29.8 Å². The summed E-state index contributed by atoms with van der Waals surface area (Å²) in [6, 6.07) is 6.39. The van der Waals surface area contributed by atoms with Gasteiger partial charge in [-0.25, -0.2) is 8.78 Å². The molecule has 3 aromatic rings. The Labute approximate surface area is 194 Å². The molecule has 0 atom stereocenters. The Bertz CT molecular complexity index is 1190. The highest BCUT2D eigenvalue weighted by atomic mass is 19.4. The van der Waals surface area contributed by atoms with Crippen LogP contribution >= 0.6 is 0 Å². The van der Waals surface area contributed by atoms with Crippen molar-refractivity contribution < 1.29 is 22.0 Å². The molecule has 0 bridgehead atoms. The van der Waals surface area contributed by atoms with Gasteiger partial charge in [-0.2, -0.15) is 18.3 Å². The van der Waals surface area contributed by atoms with E-state index in [1.807, 2.05) is 11.9 Å². The van der Waals surface area contributed by atoms with Gasteiger partial charge >= 0.3 is 6.18 Å². The predicted molar refractivity (Wildman–Crippen MR) is 122 cm³/mol. The number of likely N-dealkylation sites (tertiary alicyclic amines) is 1. The number of hydrogen-bond donors (Lipinski definition) is 1. The first kappa shape index (κ1) is 24.1. The number of benzene rings is 2. The lowest BCUT2D eigenvalue weighted by Gasteiger charge is -2.36. The monoisotopic (exact) mass is 479 g/mol. The quantitative estimate of drug-likeness (QED) is 0.498. The normalized spacial score (nSPS) is 15.6. The van der Waals surface area contributed by atoms with E-state index >= 15 is 4.39 Å². The molecular formula is C24H26F5N5. The summed E-state index contributed by atoms with van der Waals surface area (Å²) < 4.78 is 68.7. The smallest absolute Gasteiger partial charge is 0.369 e. The lowest BCUT2D eigenvalue weighted by atomic mass is 10.0. The van der Waals surface area contributed by atoms with Crippen molar-refractivity contribution in [2.24, 2.45) is 0 Å². The van der Waals surface area contributed by atoms with Crippen LogP contribution in [0.5, 0.6) is 0 Å². The van der Waals surface area contributed by atoms with Gasteiger partial charge in [-0.1, -0.05) is 12.1 Å². The molecule has 1 aliphatic heterocycles. The average molecular weight is 479 g/mol. The SMILES string of the molecule is Cc1nnc(NCc2cccc(C(F)(F)F)c2F)c2cc(N(C)C3CCN(C)CC3)c(F)cc12. The molecule has 182 valence electrons. The standard InChI is InChI=1S/C24H26F5N5/c1-14-17-11-20(25)21(34(3)16-7-9-33(2)10-8-16)12-18(17)23(32-31-14)30-13-15-5-4-6-19(22(15)26)24(27,28)29/h4-6,11-12,16H,7-10,13H2,1-3H3,(H,30,32). The molecule has 2 aromatic carbocycles. The number of fused-ring (bicyclic) bond motifs is 1. The van der Waals surface area contributed by atoms with Crippen LogP contribution in [0.2, 0.25) is 0 Å². The van der Waals surface area contributed by atoms with Gasteiger partial charge in [0.25, 0.3) is 0 Å². The molecule has 1 N–H and O–H groups in total. The molecule has 1 fully saturated rings. The van der Waals surface area contributed by atoms with Crippen molar-refractivity contribution in [3.63, 3.8) is 0 Å². The zero-order chi connectivity index (χ0) is 24.6. The number of aryl methyl sites for hydroxylation is 1. The van der Waals surface area contributed by atoms with Crippen LogP contribution in [0.25, 0.3) is 10.8 Å². The summed E-state index contributed by atoms with van der Waals surface area (Å²) in [5.74, 6) is -1.48. The lowest BCUT2D eigenvalue weighted by Crippen LogP contribution is -2.42. The molecule has 0 radical (unpaired) electrons. The van der Waals surface area contributed by atoms with Crippen LogP contribution < -0.4 is 10.2 Å². The second-order valence-corrected chi connectivity index (χ2v) is 8.76. The van der Waals surface area contributed by atoms with Crippen LogP contribution in [-0.4, -0.2) is 48.3 Å². The van der Waals surface area contributed by atoms with Gasteiger partial charge in [0.1, 0.15) is 11.6 Å². The molecule has 2 heterocycles. The van der Waals surface area contributed by atoms with E-state index in [1.165, 1.54) is 12.1 Å². The number of alkyl halides is 3. The maximum Gasteiger partial charge on any atom is 0.419 e. The first-order valence-electron chi connectivity index (χ1n) is 11.0. The number of piperidine rings is 1. The number of rotatable bonds is 5. The summed E-state index contributed by atoms with van der Waals surface area (Å²) in [7, 11) is 3.91. The molecule has 4 rings (SSSR count). The molecule has 1 aromatic heterocycles. The van der Waals surface area contributed by atoms with Crippen LogP contribution in [0.15, 0.2) is 30.3 Å². The first-order valence-corrected chi connectivity index (χ1v) is 11.0. The third-order valence-corrected chi connectivity index (χ3v) is 6.48. The highest BCUT2D eigenvalue weighted by Crippen LogP contribution is 2.34. The summed E-state index contributed by atoms with van der Waals surface area (Å²) in [5, 5.41) is 12.1. The Balaban J connectivity index is 1.66. The Morgan fingerprint density at radius 1 is 1.09 bits per heavy atom. The van der Waals surface area contributed by atoms with Gasteiger partial charge in [0, 0.05) is 36.0 Å². The van der Waals surface area contributed by atoms with Crippen molar-refractivity contribution in [3.8, 4) is 0 Å². The van der Waals surface area contributed by atoms with Gasteiger partial charge in [-0.05, 0) is 58.1 Å². The number of halogens is 5. The van der Waals surface area contributed by atoms with Crippen molar-refractivity contribution >= 4 is 22.3 Å². The van der Waals surface area contributed by atoms with Crippen LogP contribution in [0.3, 0.4) is 0 Å². The average Bonchev–Trinajstić information content (AvgIpc) is 2.79. The van der Waals surface area contributed by atoms with Gasteiger partial charge in [-0.15, -0.1) is 5.10 Å². The number of nitrogens with one attached hydrogen (secondary N) is 1. The van der Waals surface area contributed by atoms with Crippen molar-refractivity contribution in [2.75, 3.05) is 37.4 Å². The van der Waals surface area contributed by atoms with Gasteiger partial charge < -0.3 is 15.1 Å². The van der Waals surface area contributed by atoms with Gasteiger partial charge in [0.2, 0.25) is 0 Å². The summed E-state index contributed by atoms with van der Waals surface area (Å²) in [6.07, 6.45) is -2.99. The summed E-state index contributed by atoms with van der Waals surface area (Å²) in [4.78, 5) is 4.16. The summed E-state index contributed by atoms with van der Waals surface area (Å²) in [5.41, 5.74) is -0.562. The number of aromatic nitrogens is 2. The van der Waals surface area contributed by atoms with Gasteiger partial charge in [-0.3, -0.25) is 0 Å². The fourth-order valence-electron chi connectivity index (χ4n) is 4.38. The van der Waals surface area contributed by atoms with E-state index in [4.69, 9.17) is 0 Å². The minimum atomic E-state index is -4.79. The maximum atomic E-state index is 15.1. The number of nitrogens with zero attached hydrogens (tertiary/aromatic N) is 4. The Kier molecular flexibility index (Phi) is 6.62. The molecule has 10 heteroatoms. The van der Waals surface area contributed by atoms with Crippen molar-refractivity contribution in [2.45, 2.75) is 38.5 Å². The molecule has 1 aliphatic rings.